The highest BCUT2D eigenvalue weighted by Crippen LogP contribution is 2.44. The summed E-state index contributed by atoms with van der Waals surface area (Å²) in [6.07, 6.45) is 4.60. The van der Waals surface area contributed by atoms with Gasteiger partial charge in [0.1, 0.15) is 5.69 Å². The smallest absolute Gasteiger partial charge is 0.335 e. The molecule has 0 unspecified atom stereocenters. The zero-order valence-electron chi connectivity index (χ0n) is 21.2. The van der Waals surface area contributed by atoms with Crippen LogP contribution in [0, 0.1) is 5.41 Å². The maximum absolute atomic E-state index is 13.5. The first kappa shape index (κ1) is 24.7. The summed E-state index contributed by atoms with van der Waals surface area (Å²) in [5.74, 6) is -0.753. The van der Waals surface area contributed by atoms with Gasteiger partial charge in [-0.1, -0.05) is 12.1 Å². The lowest BCUT2D eigenvalue weighted by atomic mass is 9.67. The number of carboxylic acids is 1. The number of aromatic nitrogens is 3. The van der Waals surface area contributed by atoms with Gasteiger partial charge < -0.3 is 14.7 Å². The van der Waals surface area contributed by atoms with E-state index in [1.807, 2.05) is 29.6 Å². The first-order valence-corrected chi connectivity index (χ1v) is 12.5. The molecule has 1 aliphatic heterocycles. The average Bonchev–Trinajstić information content (AvgIpc) is 3.33. The summed E-state index contributed by atoms with van der Waals surface area (Å²) in [6, 6.07) is 9.85. The van der Waals surface area contributed by atoms with E-state index in [4.69, 9.17) is 4.74 Å². The summed E-state index contributed by atoms with van der Waals surface area (Å²) < 4.78 is 7.17. The second-order valence-electron chi connectivity index (χ2n) is 10.3. The minimum Gasteiger partial charge on any atom is -0.481 e. The first-order chi connectivity index (χ1) is 17.7. The maximum atomic E-state index is 13.5. The molecule has 1 spiro atoms. The molecule has 192 valence electrons. The molecule has 5 rings (SSSR count). The van der Waals surface area contributed by atoms with E-state index in [1.165, 1.54) is 19.2 Å². The van der Waals surface area contributed by atoms with Crippen molar-refractivity contribution in [2.75, 3.05) is 20.2 Å². The van der Waals surface area contributed by atoms with Crippen molar-refractivity contribution in [3.8, 4) is 17.1 Å². The van der Waals surface area contributed by atoms with Gasteiger partial charge in [0.15, 0.2) is 5.78 Å². The van der Waals surface area contributed by atoms with Crippen molar-refractivity contribution in [2.24, 2.45) is 5.41 Å². The number of carboxylic acid groups (broad SMARTS) is 1. The molecule has 1 fully saturated rings. The van der Waals surface area contributed by atoms with Gasteiger partial charge in [-0.3, -0.25) is 14.3 Å². The van der Waals surface area contributed by atoms with Crippen LogP contribution in [-0.4, -0.2) is 62.6 Å². The van der Waals surface area contributed by atoms with Crippen molar-refractivity contribution in [1.29, 1.82) is 0 Å². The third-order valence-corrected chi connectivity index (χ3v) is 7.50. The fourth-order valence-electron chi connectivity index (χ4n) is 5.53. The van der Waals surface area contributed by atoms with Crippen LogP contribution in [0.3, 0.4) is 0 Å². The molecule has 2 aromatic heterocycles. The van der Waals surface area contributed by atoms with E-state index in [1.54, 1.807) is 24.3 Å². The highest BCUT2D eigenvalue weighted by Gasteiger charge is 2.43. The number of methoxy groups -OCH3 is 1. The highest BCUT2D eigenvalue weighted by molar-refractivity contribution is 5.98. The SMILES string of the molecule is COc1cc(C(=O)N2CCC3(CC2)CC(=O)c2c(cnn2C(C)C)C3)cc(-c2cccc(C(=O)O)c2)n1. The van der Waals surface area contributed by atoms with Crippen molar-refractivity contribution in [1.82, 2.24) is 19.7 Å². The number of pyridine rings is 1. The van der Waals surface area contributed by atoms with Gasteiger partial charge >= 0.3 is 5.97 Å². The van der Waals surface area contributed by atoms with Crippen molar-refractivity contribution >= 4 is 17.7 Å². The Morgan fingerprint density at radius 2 is 1.84 bits per heavy atom. The number of hydrogen-bond acceptors (Lipinski definition) is 6. The summed E-state index contributed by atoms with van der Waals surface area (Å²) in [5.41, 5.74) is 3.22. The number of aromatic carboxylic acids is 1. The quantitative estimate of drug-likeness (QED) is 0.554. The monoisotopic (exact) mass is 502 g/mol. The second-order valence-corrected chi connectivity index (χ2v) is 10.3. The van der Waals surface area contributed by atoms with Crippen molar-refractivity contribution < 1.29 is 24.2 Å². The predicted octanol–water partition coefficient (Wildman–Crippen LogP) is 4.28. The number of amides is 1. The van der Waals surface area contributed by atoms with E-state index < -0.39 is 5.97 Å². The zero-order chi connectivity index (χ0) is 26.3. The molecule has 2 aliphatic rings. The third kappa shape index (κ3) is 4.61. The van der Waals surface area contributed by atoms with Crippen LogP contribution < -0.4 is 4.74 Å². The number of Topliss-reactive ketones (excluding diaryl/α,β-unsaturated/α-hetero) is 1. The molecule has 1 saturated heterocycles. The molecule has 37 heavy (non-hydrogen) atoms. The van der Waals surface area contributed by atoms with Crippen LogP contribution in [0.25, 0.3) is 11.3 Å². The van der Waals surface area contributed by atoms with Crippen LogP contribution in [0.15, 0.2) is 42.6 Å². The molecule has 9 nitrogen and oxygen atoms in total. The fraction of sp³-hybridized carbons (Fsp3) is 0.393. The minimum absolute atomic E-state index is 0.134. The third-order valence-electron chi connectivity index (χ3n) is 7.50. The normalized spacial score (nSPS) is 16.6. The molecule has 0 atom stereocenters. The molecule has 1 aliphatic carbocycles. The molecule has 1 amide bonds. The summed E-state index contributed by atoms with van der Waals surface area (Å²) in [6.45, 7) is 5.15. The van der Waals surface area contributed by atoms with Crippen LogP contribution in [0.1, 0.15) is 75.9 Å². The van der Waals surface area contributed by atoms with Crippen molar-refractivity contribution in [3.05, 3.63) is 65.0 Å². The number of ketones is 1. The van der Waals surface area contributed by atoms with Gasteiger partial charge in [0, 0.05) is 48.3 Å². The number of ether oxygens (including phenoxy) is 1. The van der Waals surface area contributed by atoms with Crippen LogP contribution in [0.2, 0.25) is 0 Å². The Kier molecular flexibility index (Phi) is 6.31. The number of benzene rings is 1. The Balaban J connectivity index is 1.35. The number of carbonyl (C=O) groups excluding carboxylic acids is 2. The highest BCUT2D eigenvalue weighted by atomic mass is 16.5. The van der Waals surface area contributed by atoms with Gasteiger partial charge in [-0.2, -0.15) is 5.10 Å². The fourth-order valence-corrected chi connectivity index (χ4v) is 5.53. The Hall–Kier alpha value is -4.01. The summed E-state index contributed by atoms with van der Waals surface area (Å²) >= 11 is 0. The number of nitrogens with zero attached hydrogens (tertiary/aromatic N) is 4. The molecular weight excluding hydrogens is 472 g/mol. The topological polar surface area (TPSA) is 115 Å². The number of piperidine rings is 1. The number of fused-ring (bicyclic) bond motifs is 1. The Labute approximate surface area is 215 Å². The molecule has 1 aromatic carbocycles. The van der Waals surface area contributed by atoms with E-state index in [-0.39, 0.29) is 34.6 Å². The van der Waals surface area contributed by atoms with Gasteiger partial charge in [-0.25, -0.2) is 9.78 Å². The Morgan fingerprint density at radius 3 is 2.51 bits per heavy atom. The van der Waals surface area contributed by atoms with Crippen LogP contribution in [-0.2, 0) is 6.42 Å². The van der Waals surface area contributed by atoms with E-state index in [0.29, 0.717) is 36.3 Å². The summed E-state index contributed by atoms with van der Waals surface area (Å²) in [7, 11) is 1.48. The van der Waals surface area contributed by atoms with E-state index in [0.717, 1.165) is 30.5 Å². The zero-order valence-corrected chi connectivity index (χ0v) is 21.2. The van der Waals surface area contributed by atoms with Crippen LogP contribution in [0.5, 0.6) is 5.88 Å². The van der Waals surface area contributed by atoms with E-state index in [9.17, 15) is 19.5 Å². The second kappa shape index (κ2) is 9.46. The predicted molar refractivity (Wildman–Crippen MR) is 136 cm³/mol. The van der Waals surface area contributed by atoms with Gasteiger partial charge in [0.25, 0.3) is 5.91 Å². The molecule has 9 heteroatoms. The molecule has 0 bridgehead atoms. The van der Waals surface area contributed by atoms with Gasteiger partial charge in [-0.15, -0.1) is 0 Å². The molecule has 3 heterocycles. The molecule has 0 saturated carbocycles. The van der Waals surface area contributed by atoms with Crippen molar-refractivity contribution in [3.63, 3.8) is 0 Å². The van der Waals surface area contributed by atoms with E-state index in [2.05, 4.69) is 10.1 Å². The van der Waals surface area contributed by atoms with Gasteiger partial charge in [0.05, 0.1) is 24.6 Å². The lowest BCUT2D eigenvalue weighted by Crippen LogP contribution is -2.46. The summed E-state index contributed by atoms with van der Waals surface area (Å²) in [5, 5.41) is 13.8. The van der Waals surface area contributed by atoms with Crippen molar-refractivity contribution in [2.45, 2.75) is 45.6 Å². The van der Waals surface area contributed by atoms with E-state index >= 15 is 0 Å². The van der Waals surface area contributed by atoms with Crippen LogP contribution in [0.4, 0.5) is 0 Å². The maximum Gasteiger partial charge on any atom is 0.335 e. The number of rotatable bonds is 5. The number of carbonyl (C=O) groups is 3. The number of hydrogen-bond donors (Lipinski definition) is 1. The summed E-state index contributed by atoms with van der Waals surface area (Å²) in [4.78, 5) is 44.2. The van der Waals surface area contributed by atoms with Crippen LogP contribution >= 0.6 is 0 Å². The van der Waals surface area contributed by atoms with Gasteiger partial charge in [-0.05, 0) is 56.7 Å². The largest absolute Gasteiger partial charge is 0.481 e. The van der Waals surface area contributed by atoms with Gasteiger partial charge in [0.2, 0.25) is 5.88 Å². The minimum atomic E-state index is -1.03. The molecular formula is C28H30N4O5. The Bertz CT molecular complexity index is 1380. The molecule has 0 radical (unpaired) electrons. The standard InChI is InChI=1S/C28H30N4O5/c1-17(2)32-25-21(16-29-32)14-28(15-23(25)33)7-9-31(10-8-28)26(34)20-12-22(30-24(13-20)37-3)18-5-4-6-19(11-18)27(35)36/h4-6,11-13,16-17H,7-10,14-15H2,1-3H3,(H,35,36). The number of likely N-dealkylation sites (tertiary alicyclic amines) is 1. The lowest BCUT2D eigenvalue weighted by Gasteiger charge is -2.43. The average molecular weight is 503 g/mol. The lowest BCUT2D eigenvalue weighted by molar-refractivity contribution is 0.0516. The first-order valence-electron chi connectivity index (χ1n) is 12.5. The molecule has 1 N–H and O–H groups in total. The molecule has 3 aromatic rings. The Morgan fingerprint density at radius 1 is 1.08 bits per heavy atom.